The Hall–Kier alpha value is -2.73. The summed E-state index contributed by atoms with van der Waals surface area (Å²) in [6, 6.07) is 13.8. The van der Waals surface area contributed by atoms with E-state index in [4.69, 9.17) is 4.74 Å². The molecule has 1 heterocycles. The number of hydrogen-bond donors (Lipinski definition) is 1. The smallest absolute Gasteiger partial charge is 0.264 e. The predicted octanol–water partition coefficient (Wildman–Crippen LogP) is 4.20. The molecule has 1 amide bonds. The first kappa shape index (κ1) is 17.1. The summed E-state index contributed by atoms with van der Waals surface area (Å²) in [4.78, 5) is 17.1. The van der Waals surface area contributed by atoms with Crippen LogP contribution in [0.2, 0.25) is 0 Å². The lowest BCUT2D eigenvalue weighted by Crippen LogP contribution is -2.19. The summed E-state index contributed by atoms with van der Waals surface area (Å²) in [5, 5.41) is 3.25. The third kappa shape index (κ3) is 5.12. The maximum absolute atomic E-state index is 12.9. The van der Waals surface area contributed by atoms with E-state index in [0.717, 1.165) is 16.0 Å². The molecule has 1 aromatic heterocycles. The van der Waals surface area contributed by atoms with Crippen LogP contribution in [0.25, 0.3) is 0 Å². The van der Waals surface area contributed by atoms with Gasteiger partial charge in [0.1, 0.15) is 11.6 Å². The van der Waals surface area contributed by atoms with Gasteiger partial charge in [-0.15, -0.1) is 11.3 Å². The Labute approximate surface area is 149 Å². The standard InChI is InChI=1S/C19H17FN2O2S/c1-13-2-8-16(9-3-13)24-12-18(23)22-19-21-11-17(25-19)10-14-4-6-15(20)7-5-14/h2-9,11H,10,12H2,1H3,(H,21,22,23). The van der Waals surface area contributed by atoms with Gasteiger partial charge in [-0.3, -0.25) is 10.1 Å². The fraction of sp³-hybridized carbons (Fsp3) is 0.158. The van der Waals surface area contributed by atoms with Gasteiger partial charge in [0.05, 0.1) is 0 Å². The van der Waals surface area contributed by atoms with Crippen LogP contribution in [0.1, 0.15) is 16.0 Å². The summed E-state index contributed by atoms with van der Waals surface area (Å²) in [6.07, 6.45) is 2.36. The molecule has 1 N–H and O–H groups in total. The summed E-state index contributed by atoms with van der Waals surface area (Å²) in [6.45, 7) is 1.92. The number of benzene rings is 2. The third-order valence-corrected chi connectivity index (χ3v) is 4.40. The lowest BCUT2D eigenvalue weighted by Gasteiger charge is -2.05. The first-order valence-corrected chi connectivity index (χ1v) is 8.58. The average molecular weight is 356 g/mol. The van der Waals surface area contributed by atoms with Crippen LogP contribution in [-0.2, 0) is 11.2 Å². The topological polar surface area (TPSA) is 51.2 Å². The molecule has 0 fully saturated rings. The predicted molar refractivity (Wildman–Crippen MR) is 96.6 cm³/mol. The molecule has 4 nitrogen and oxygen atoms in total. The molecule has 3 rings (SSSR count). The molecule has 0 bridgehead atoms. The van der Waals surface area contributed by atoms with Crippen molar-refractivity contribution in [3.63, 3.8) is 0 Å². The van der Waals surface area contributed by atoms with E-state index in [-0.39, 0.29) is 18.3 Å². The van der Waals surface area contributed by atoms with Gasteiger partial charge in [0, 0.05) is 17.5 Å². The molecule has 6 heteroatoms. The highest BCUT2D eigenvalue weighted by molar-refractivity contribution is 7.15. The van der Waals surface area contributed by atoms with Gasteiger partial charge in [0.2, 0.25) is 0 Å². The molecule has 25 heavy (non-hydrogen) atoms. The summed E-state index contributed by atoms with van der Waals surface area (Å²) in [5.41, 5.74) is 2.12. The van der Waals surface area contributed by atoms with Gasteiger partial charge in [-0.2, -0.15) is 0 Å². The number of nitrogens with zero attached hydrogens (tertiary/aromatic N) is 1. The zero-order valence-corrected chi connectivity index (χ0v) is 14.5. The van der Waals surface area contributed by atoms with Crippen LogP contribution in [0.15, 0.2) is 54.7 Å². The van der Waals surface area contributed by atoms with Gasteiger partial charge in [0.25, 0.3) is 5.91 Å². The minimum atomic E-state index is -0.261. The molecule has 0 saturated heterocycles. The largest absolute Gasteiger partial charge is 0.484 e. The number of anilines is 1. The van der Waals surface area contributed by atoms with Crippen LogP contribution in [-0.4, -0.2) is 17.5 Å². The van der Waals surface area contributed by atoms with E-state index in [1.54, 1.807) is 18.3 Å². The zero-order valence-electron chi connectivity index (χ0n) is 13.7. The van der Waals surface area contributed by atoms with Crippen molar-refractivity contribution in [2.24, 2.45) is 0 Å². The highest BCUT2D eigenvalue weighted by Crippen LogP contribution is 2.21. The van der Waals surface area contributed by atoms with E-state index in [9.17, 15) is 9.18 Å². The van der Waals surface area contributed by atoms with Crippen molar-refractivity contribution in [3.8, 4) is 5.75 Å². The molecule has 0 radical (unpaired) electrons. The maximum atomic E-state index is 12.9. The number of thiazole rings is 1. The van der Waals surface area contributed by atoms with Crippen molar-refractivity contribution in [1.82, 2.24) is 4.98 Å². The fourth-order valence-corrected chi connectivity index (χ4v) is 3.05. The average Bonchev–Trinajstić information content (AvgIpc) is 3.03. The number of carbonyl (C=O) groups is 1. The van der Waals surface area contributed by atoms with E-state index in [0.29, 0.717) is 17.3 Å². The molecular weight excluding hydrogens is 339 g/mol. The highest BCUT2D eigenvalue weighted by Gasteiger charge is 2.08. The maximum Gasteiger partial charge on any atom is 0.264 e. The SMILES string of the molecule is Cc1ccc(OCC(=O)Nc2ncc(Cc3ccc(F)cc3)s2)cc1. The van der Waals surface area contributed by atoms with Gasteiger partial charge in [0.15, 0.2) is 11.7 Å². The second kappa shape index (κ2) is 7.90. The second-order valence-corrected chi connectivity index (χ2v) is 6.70. The number of aryl methyl sites for hydroxylation is 1. The third-order valence-electron chi connectivity index (χ3n) is 3.48. The molecule has 3 aromatic rings. The van der Waals surface area contributed by atoms with Crippen molar-refractivity contribution >= 4 is 22.4 Å². The molecule has 0 aliphatic carbocycles. The molecule has 0 aliphatic rings. The van der Waals surface area contributed by atoms with Gasteiger partial charge < -0.3 is 4.74 Å². The van der Waals surface area contributed by atoms with Gasteiger partial charge >= 0.3 is 0 Å². The number of halogens is 1. The Morgan fingerprint density at radius 3 is 2.60 bits per heavy atom. The molecule has 0 aliphatic heterocycles. The van der Waals surface area contributed by atoms with Crippen LogP contribution in [0.4, 0.5) is 9.52 Å². The number of nitrogens with one attached hydrogen (secondary N) is 1. The number of hydrogen-bond acceptors (Lipinski definition) is 4. The summed E-state index contributed by atoms with van der Waals surface area (Å²) < 4.78 is 18.4. The minimum Gasteiger partial charge on any atom is -0.484 e. The Bertz CT molecular complexity index is 845. The van der Waals surface area contributed by atoms with Gasteiger partial charge in [-0.1, -0.05) is 29.8 Å². The lowest BCUT2D eigenvalue weighted by molar-refractivity contribution is -0.118. The van der Waals surface area contributed by atoms with Crippen molar-refractivity contribution in [1.29, 1.82) is 0 Å². The van der Waals surface area contributed by atoms with Crippen LogP contribution in [0.3, 0.4) is 0 Å². The summed E-state index contributed by atoms with van der Waals surface area (Å²) >= 11 is 1.39. The van der Waals surface area contributed by atoms with Gasteiger partial charge in [-0.05, 0) is 36.8 Å². The van der Waals surface area contributed by atoms with Crippen molar-refractivity contribution in [2.45, 2.75) is 13.3 Å². The number of aromatic nitrogens is 1. The first-order chi connectivity index (χ1) is 12.1. The van der Waals surface area contributed by atoms with E-state index in [2.05, 4.69) is 10.3 Å². The Balaban J connectivity index is 1.51. The molecule has 0 unspecified atom stereocenters. The number of carbonyl (C=O) groups excluding carboxylic acids is 1. The lowest BCUT2D eigenvalue weighted by atomic mass is 10.1. The van der Waals surface area contributed by atoms with E-state index < -0.39 is 0 Å². The Morgan fingerprint density at radius 1 is 1.16 bits per heavy atom. The van der Waals surface area contributed by atoms with Gasteiger partial charge in [-0.25, -0.2) is 9.37 Å². The van der Waals surface area contributed by atoms with Crippen LogP contribution >= 0.6 is 11.3 Å². The monoisotopic (exact) mass is 356 g/mol. The molecule has 0 saturated carbocycles. The van der Waals surface area contributed by atoms with Crippen LogP contribution < -0.4 is 10.1 Å². The molecule has 0 spiro atoms. The second-order valence-electron chi connectivity index (χ2n) is 5.58. The Morgan fingerprint density at radius 2 is 1.88 bits per heavy atom. The Kier molecular flexibility index (Phi) is 5.40. The van der Waals surface area contributed by atoms with E-state index in [1.807, 2.05) is 31.2 Å². The van der Waals surface area contributed by atoms with Crippen LogP contribution in [0, 0.1) is 12.7 Å². The molecular formula is C19H17FN2O2S. The first-order valence-electron chi connectivity index (χ1n) is 7.77. The van der Waals surface area contributed by atoms with E-state index >= 15 is 0 Å². The van der Waals surface area contributed by atoms with Crippen molar-refractivity contribution in [3.05, 3.63) is 76.5 Å². The number of rotatable bonds is 6. The number of amides is 1. The quantitative estimate of drug-likeness (QED) is 0.720. The molecule has 2 aromatic carbocycles. The van der Waals surface area contributed by atoms with Crippen LogP contribution in [0.5, 0.6) is 5.75 Å². The minimum absolute atomic E-state index is 0.0735. The van der Waals surface area contributed by atoms with Crippen molar-refractivity contribution < 1.29 is 13.9 Å². The highest BCUT2D eigenvalue weighted by atomic mass is 32.1. The normalized spacial score (nSPS) is 10.5. The fourth-order valence-electron chi connectivity index (χ4n) is 2.19. The van der Waals surface area contributed by atoms with Crippen molar-refractivity contribution in [2.75, 3.05) is 11.9 Å². The molecule has 0 atom stereocenters. The number of ether oxygens (including phenoxy) is 1. The summed E-state index contributed by atoms with van der Waals surface area (Å²) in [5.74, 6) is 0.134. The van der Waals surface area contributed by atoms with E-state index in [1.165, 1.54) is 23.5 Å². The molecule has 128 valence electrons. The summed E-state index contributed by atoms with van der Waals surface area (Å²) in [7, 11) is 0. The zero-order chi connectivity index (χ0) is 17.6.